The first-order valence-corrected chi connectivity index (χ1v) is 13.5. The predicted octanol–water partition coefficient (Wildman–Crippen LogP) is 4.10. The van der Waals surface area contributed by atoms with E-state index in [-0.39, 0.29) is 24.2 Å². The van der Waals surface area contributed by atoms with Crippen molar-refractivity contribution >= 4 is 17.9 Å². The van der Waals surface area contributed by atoms with Gasteiger partial charge in [0.25, 0.3) is 0 Å². The second-order valence-corrected chi connectivity index (χ2v) is 10.9. The lowest BCUT2D eigenvalue weighted by Gasteiger charge is -2.35. The van der Waals surface area contributed by atoms with E-state index >= 15 is 0 Å². The van der Waals surface area contributed by atoms with E-state index in [0.29, 0.717) is 17.5 Å². The summed E-state index contributed by atoms with van der Waals surface area (Å²) in [6.07, 6.45) is 6.41. The van der Waals surface area contributed by atoms with Crippen molar-refractivity contribution < 1.29 is 29.3 Å². The van der Waals surface area contributed by atoms with Gasteiger partial charge in [-0.1, -0.05) is 57.2 Å². The van der Waals surface area contributed by atoms with Crippen LogP contribution in [0.1, 0.15) is 96.2 Å². The van der Waals surface area contributed by atoms with Crippen molar-refractivity contribution in [1.29, 1.82) is 0 Å². The van der Waals surface area contributed by atoms with Crippen molar-refractivity contribution in [3.8, 4) is 5.75 Å². The van der Waals surface area contributed by atoms with Gasteiger partial charge in [0, 0.05) is 18.2 Å². The van der Waals surface area contributed by atoms with E-state index in [1.165, 1.54) is 4.90 Å². The van der Waals surface area contributed by atoms with E-state index in [1.807, 2.05) is 6.92 Å². The third kappa shape index (κ3) is 9.22. The molecule has 3 amide bonds. The molecule has 2 atom stereocenters. The van der Waals surface area contributed by atoms with E-state index in [0.717, 1.165) is 44.9 Å². The molecular formula is C28H45N3O6. The summed E-state index contributed by atoms with van der Waals surface area (Å²) in [6.45, 7) is 8.42. The lowest BCUT2D eigenvalue weighted by Crippen LogP contribution is -2.55. The summed E-state index contributed by atoms with van der Waals surface area (Å²) in [5, 5.41) is 26.5. The largest absolute Gasteiger partial charge is 0.507 e. The molecule has 1 fully saturated rings. The van der Waals surface area contributed by atoms with Gasteiger partial charge in [-0.2, -0.15) is 0 Å². The number of nitrogens with zero attached hydrogens (tertiary/aromatic N) is 1. The molecule has 0 spiro atoms. The Morgan fingerprint density at radius 2 is 1.81 bits per heavy atom. The highest BCUT2D eigenvalue weighted by molar-refractivity contribution is 5.92. The van der Waals surface area contributed by atoms with Crippen LogP contribution in [-0.4, -0.2) is 63.9 Å². The number of alkyl carbamates (subject to hydrolysis) is 1. The Labute approximate surface area is 221 Å². The van der Waals surface area contributed by atoms with E-state index in [2.05, 4.69) is 10.6 Å². The molecule has 0 aromatic heterocycles. The number of unbranched alkanes of at least 4 members (excludes halogenated alkanes) is 2. The smallest absolute Gasteiger partial charge is 0.408 e. The van der Waals surface area contributed by atoms with Crippen LogP contribution in [0.4, 0.5) is 4.79 Å². The Kier molecular flexibility index (Phi) is 11.7. The lowest BCUT2D eigenvalue weighted by atomic mass is 9.94. The molecule has 1 aliphatic carbocycles. The zero-order valence-electron chi connectivity index (χ0n) is 23.0. The summed E-state index contributed by atoms with van der Waals surface area (Å²) in [5.41, 5.74) is 0.107. The van der Waals surface area contributed by atoms with Crippen LogP contribution in [0.15, 0.2) is 18.2 Å². The summed E-state index contributed by atoms with van der Waals surface area (Å²) >= 11 is 0. The van der Waals surface area contributed by atoms with Crippen LogP contribution < -0.4 is 10.6 Å². The van der Waals surface area contributed by atoms with Crippen molar-refractivity contribution in [3.63, 3.8) is 0 Å². The number of rotatable bonds is 11. The number of amides is 3. The molecule has 0 bridgehead atoms. The van der Waals surface area contributed by atoms with Crippen molar-refractivity contribution in [3.05, 3.63) is 29.3 Å². The molecule has 9 nitrogen and oxygen atoms in total. The molecule has 208 valence electrons. The number of para-hydroxylation sites is 1. The van der Waals surface area contributed by atoms with Crippen LogP contribution in [0.25, 0.3) is 0 Å². The Morgan fingerprint density at radius 1 is 1.14 bits per heavy atom. The Hall–Kier alpha value is -2.81. The van der Waals surface area contributed by atoms with E-state index < -0.39 is 36.3 Å². The maximum Gasteiger partial charge on any atom is 0.408 e. The molecule has 9 heteroatoms. The molecule has 37 heavy (non-hydrogen) atoms. The average molecular weight is 520 g/mol. The average Bonchev–Trinajstić information content (AvgIpc) is 2.83. The minimum atomic E-state index is -1.31. The fraction of sp³-hybridized carbons (Fsp3) is 0.679. The molecule has 0 aliphatic heterocycles. The molecule has 2 unspecified atom stereocenters. The van der Waals surface area contributed by atoms with Gasteiger partial charge in [-0.05, 0) is 52.5 Å². The number of benzene rings is 1. The summed E-state index contributed by atoms with van der Waals surface area (Å²) < 4.78 is 5.28. The summed E-state index contributed by atoms with van der Waals surface area (Å²) in [6, 6.07) is 2.68. The molecule has 0 saturated heterocycles. The van der Waals surface area contributed by atoms with Crippen molar-refractivity contribution in [2.75, 3.05) is 13.2 Å². The molecule has 1 aromatic carbocycles. The van der Waals surface area contributed by atoms with Crippen LogP contribution in [0.3, 0.4) is 0 Å². The summed E-state index contributed by atoms with van der Waals surface area (Å²) in [5.74, 6) is -1.05. The van der Waals surface area contributed by atoms with Gasteiger partial charge in [0.05, 0.1) is 6.61 Å². The highest BCUT2D eigenvalue weighted by atomic mass is 16.6. The van der Waals surface area contributed by atoms with Crippen LogP contribution in [0, 0.1) is 6.92 Å². The number of aliphatic hydroxyl groups excluding tert-OH is 1. The van der Waals surface area contributed by atoms with Crippen LogP contribution in [0.5, 0.6) is 5.75 Å². The molecule has 4 N–H and O–H groups in total. The fourth-order valence-electron chi connectivity index (χ4n) is 4.61. The van der Waals surface area contributed by atoms with Gasteiger partial charge in [-0.3, -0.25) is 9.59 Å². The summed E-state index contributed by atoms with van der Waals surface area (Å²) in [7, 11) is 0. The second-order valence-electron chi connectivity index (χ2n) is 10.9. The van der Waals surface area contributed by atoms with Crippen molar-refractivity contribution in [2.45, 2.75) is 110 Å². The second kappa shape index (κ2) is 14.2. The highest BCUT2D eigenvalue weighted by Gasteiger charge is 2.38. The fourth-order valence-corrected chi connectivity index (χ4v) is 4.61. The van der Waals surface area contributed by atoms with Gasteiger partial charge in [-0.25, -0.2) is 4.79 Å². The zero-order chi connectivity index (χ0) is 27.6. The van der Waals surface area contributed by atoms with Crippen molar-refractivity contribution in [2.24, 2.45) is 0 Å². The molecule has 1 aliphatic rings. The third-order valence-electron chi connectivity index (χ3n) is 6.53. The monoisotopic (exact) mass is 519 g/mol. The zero-order valence-corrected chi connectivity index (χ0v) is 23.0. The van der Waals surface area contributed by atoms with Gasteiger partial charge >= 0.3 is 6.09 Å². The maximum absolute atomic E-state index is 13.8. The van der Waals surface area contributed by atoms with Gasteiger partial charge in [0.15, 0.2) is 0 Å². The molecule has 0 heterocycles. The number of nitrogens with one attached hydrogen (secondary N) is 2. The van der Waals surface area contributed by atoms with E-state index in [1.54, 1.807) is 45.9 Å². The first-order valence-electron chi connectivity index (χ1n) is 13.5. The van der Waals surface area contributed by atoms with Gasteiger partial charge in [0.2, 0.25) is 11.8 Å². The van der Waals surface area contributed by atoms with Gasteiger partial charge in [0.1, 0.15) is 23.4 Å². The van der Waals surface area contributed by atoms with Crippen LogP contribution in [0.2, 0.25) is 0 Å². The highest BCUT2D eigenvalue weighted by Crippen LogP contribution is 2.33. The third-order valence-corrected chi connectivity index (χ3v) is 6.53. The maximum atomic E-state index is 13.8. The first-order chi connectivity index (χ1) is 17.5. The van der Waals surface area contributed by atoms with Gasteiger partial charge < -0.3 is 30.5 Å². The van der Waals surface area contributed by atoms with Crippen LogP contribution >= 0.6 is 0 Å². The van der Waals surface area contributed by atoms with Crippen LogP contribution in [-0.2, 0) is 14.3 Å². The number of ether oxygens (including phenoxy) is 1. The normalized spacial score (nSPS) is 15.9. The van der Waals surface area contributed by atoms with Gasteiger partial charge in [-0.15, -0.1) is 0 Å². The Morgan fingerprint density at radius 3 is 2.41 bits per heavy atom. The number of carbonyl (C=O) groups excluding carboxylic acids is 3. The van der Waals surface area contributed by atoms with E-state index in [4.69, 9.17) is 4.74 Å². The molecule has 2 rings (SSSR count). The quantitative estimate of drug-likeness (QED) is 0.326. The number of aryl methyl sites for hydroxylation is 1. The predicted molar refractivity (Wildman–Crippen MR) is 142 cm³/mol. The molecule has 1 aromatic rings. The Balaban J connectivity index is 2.45. The number of carbonyl (C=O) groups is 3. The number of hydrogen-bond donors (Lipinski definition) is 4. The van der Waals surface area contributed by atoms with E-state index in [9.17, 15) is 24.6 Å². The minimum Gasteiger partial charge on any atom is -0.507 e. The standard InChI is InChI=1S/C28H45N3O6/c1-6-7-11-17-31(26(35)22(18-32)30-27(36)37-28(3,4)5)23(21-16-12-13-19(2)24(21)33)25(34)29-20-14-9-8-10-15-20/h12-13,16,20,22-23,32-33H,6-11,14-15,17-18H2,1-5H3,(H,29,34)(H,30,36). The number of phenolic OH excluding ortho intramolecular Hbond substituents is 1. The lowest BCUT2D eigenvalue weighted by molar-refractivity contribution is -0.143. The number of phenols is 1. The molecule has 1 saturated carbocycles. The minimum absolute atomic E-state index is 0.00294. The first kappa shape index (κ1) is 30.4. The topological polar surface area (TPSA) is 128 Å². The molecular weight excluding hydrogens is 474 g/mol. The number of hydrogen-bond acceptors (Lipinski definition) is 6. The SMILES string of the molecule is CCCCCN(C(=O)C(CO)NC(=O)OC(C)(C)C)C(C(=O)NC1CCCCC1)c1cccc(C)c1O. The molecule has 0 radical (unpaired) electrons. The number of aliphatic hydroxyl groups is 1. The summed E-state index contributed by atoms with van der Waals surface area (Å²) in [4.78, 5) is 41.4. The number of aromatic hydroxyl groups is 1. The Bertz CT molecular complexity index is 908. The van der Waals surface area contributed by atoms with Crippen molar-refractivity contribution in [1.82, 2.24) is 15.5 Å².